The zero-order chi connectivity index (χ0) is 13.2. The molecule has 0 saturated carbocycles. The minimum atomic E-state index is 0.251. The second-order valence-corrected chi connectivity index (χ2v) is 4.97. The van der Waals surface area contributed by atoms with Gasteiger partial charge in [-0.25, -0.2) is 0 Å². The summed E-state index contributed by atoms with van der Waals surface area (Å²) in [6.07, 6.45) is 0.511. The van der Waals surface area contributed by atoms with Gasteiger partial charge in [0.15, 0.2) is 0 Å². The maximum Gasteiger partial charge on any atom is 0.127 e. The lowest BCUT2D eigenvalue weighted by Crippen LogP contribution is -2.07. The van der Waals surface area contributed by atoms with E-state index < -0.39 is 0 Å². The van der Waals surface area contributed by atoms with E-state index in [0.29, 0.717) is 13.2 Å². The Bertz CT molecular complexity index is 475. The van der Waals surface area contributed by atoms with Gasteiger partial charge in [0.1, 0.15) is 36.9 Å². The lowest BCUT2D eigenvalue weighted by molar-refractivity contribution is 0.257. The van der Waals surface area contributed by atoms with Gasteiger partial charge in [0, 0.05) is 5.56 Å². The van der Waals surface area contributed by atoms with Crippen molar-refractivity contribution in [2.75, 3.05) is 26.4 Å². The summed E-state index contributed by atoms with van der Waals surface area (Å²) in [5.74, 6) is 1.65. The van der Waals surface area contributed by atoms with Crippen LogP contribution in [0, 0.1) is 0 Å². The van der Waals surface area contributed by atoms with Crippen LogP contribution in [0.15, 0.2) is 24.8 Å². The molecular formula is C15H18O4. The summed E-state index contributed by atoms with van der Waals surface area (Å²) in [6, 6.07) is 5.81. The van der Waals surface area contributed by atoms with Crippen molar-refractivity contribution in [3.63, 3.8) is 0 Å². The van der Waals surface area contributed by atoms with Gasteiger partial charge in [0.2, 0.25) is 0 Å². The van der Waals surface area contributed by atoms with Crippen molar-refractivity contribution in [3.05, 3.63) is 30.3 Å². The standard InChI is InChI=1S/C15H18O4/c1-10(2)14-5-11(16-6-12-7-17-12)3-4-15(14)19-9-13-8-18-13/h3-5,12-13H,1,6-9H2,2H3. The van der Waals surface area contributed by atoms with Gasteiger partial charge in [-0.1, -0.05) is 6.58 Å². The van der Waals surface area contributed by atoms with Crippen molar-refractivity contribution in [3.8, 4) is 11.5 Å². The quantitative estimate of drug-likeness (QED) is 0.707. The smallest absolute Gasteiger partial charge is 0.127 e. The Morgan fingerprint density at radius 2 is 1.84 bits per heavy atom. The maximum atomic E-state index is 5.75. The molecule has 0 bridgehead atoms. The molecule has 2 saturated heterocycles. The van der Waals surface area contributed by atoms with Gasteiger partial charge in [0.25, 0.3) is 0 Å². The molecule has 0 radical (unpaired) electrons. The first-order valence-electron chi connectivity index (χ1n) is 6.51. The number of epoxide rings is 2. The van der Waals surface area contributed by atoms with E-state index in [4.69, 9.17) is 18.9 Å². The Balaban J connectivity index is 1.68. The fourth-order valence-electron chi connectivity index (χ4n) is 1.76. The third-order valence-electron chi connectivity index (χ3n) is 3.08. The van der Waals surface area contributed by atoms with Gasteiger partial charge in [0.05, 0.1) is 13.2 Å². The fourth-order valence-corrected chi connectivity index (χ4v) is 1.76. The van der Waals surface area contributed by atoms with Crippen LogP contribution in [0.3, 0.4) is 0 Å². The summed E-state index contributed by atoms with van der Waals surface area (Å²) in [6.45, 7) is 8.74. The summed E-state index contributed by atoms with van der Waals surface area (Å²) >= 11 is 0. The first kappa shape index (κ1) is 12.5. The van der Waals surface area contributed by atoms with Crippen LogP contribution >= 0.6 is 0 Å². The highest BCUT2D eigenvalue weighted by atomic mass is 16.6. The van der Waals surface area contributed by atoms with Crippen LogP contribution in [-0.2, 0) is 9.47 Å². The van der Waals surface area contributed by atoms with Crippen molar-refractivity contribution < 1.29 is 18.9 Å². The van der Waals surface area contributed by atoms with Gasteiger partial charge < -0.3 is 18.9 Å². The van der Waals surface area contributed by atoms with Crippen LogP contribution in [0.1, 0.15) is 12.5 Å². The van der Waals surface area contributed by atoms with E-state index in [1.54, 1.807) is 0 Å². The van der Waals surface area contributed by atoms with E-state index in [9.17, 15) is 0 Å². The predicted octanol–water partition coefficient (Wildman–Crippen LogP) is 2.27. The predicted molar refractivity (Wildman–Crippen MR) is 71.6 cm³/mol. The monoisotopic (exact) mass is 262 g/mol. The van der Waals surface area contributed by atoms with Crippen LogP contribution in [0.2, 0.25) is 0 Å². The molecule has 0 amide bonds. The fraction of sp³-hybridized carbons (Fsp3) is 0.467. The highest BCUT2D eigenvalue weighted by molar-refractivity contribution is 5.68. The molecule has 4 heteroatoms. The van der Waals surface area contributed by atoms with Crippen molar-refractivity contribution in [1.82, 2.24) is 0 Å². The van der Waals surface area contributed by atoms with Crippen molar-refractivity contribution in [2.45, 2.75) is 19.1 Å². The zero-order valence-corrected chi connectivity index (χ0v) is 11.1. The largest absolute Gasteiger partial charge is 0.491 e. The molecule has 102 valence electrons. The summed E-state index contributed by atoms with van der Waals surface area (Å²) in [5, 5.41) is 0. The van der Waals surface area contributed by atoms with E-state index in [1.165, 1.54) is 0 Å². The number of hydrogen-bond acceptors (Lipinski definition) is 4. The van der Waals surface area contributed by atoms with E-state index >= 15 is 0 Å². The van der Waals surface area contributed by atoms with Crippen LogP contribution < -0.4 is 9.47 Å². The summed E-state index contributed by atoms with van der Waals surface area (Å²) in [4.78, 5) is 0. The van der Waals surface area contributed by atoms with Crippen LogP contribution in [-0.4, -0.2) is 38.6 Å². The average molecular weight is 262 g/mol. The summed E-state index contributed by atoms with van der Waals surface area (Å²) < 4.78 is 21.7. The van der Waals surface area contributed by atoms with E-state index in [1.807, 2.05) is 25.1 Å². The highest BCUT2D eigenvalue weighted by Gasteiger charge is 2.24. The molecule has 0 aliphatic carbocycles. The zero-order valence-electron chi connectivity index (χ0n) is 11.1. The molecule has 2 heterocycles. The topological polar surface area (TPSA) is 43.5 Å². The molecule has 2 fully saturated rings. The number of benzene rings is 1. The van der Waals surface area contributed by atoms with E-state index in [-0.39, 0.29) is 12.2 Å². The molecule has 3 rings (SSSR count). The Morgan fingerprint density at radius 1 is 1.21 bits per heavy atom. The van der Waals surface area contributed by atoms with E-state index in [2.05, 4.69) is 6.58 Å². The molecule has 19 heavy (non-hydrogen) atoms. The van der Waals surface area contributed by atoms with Gasteiger partial charge in [-0.3, -0.25) is 0 Å². The lowest BCUT2D eigenvalue weighted by Gasteiger charge is -2.13. The molecule has 0 aromatic heterocycles. The Labute approximate surface area is 112 Å². The second kappa shape index (κ2) is 5.23. The minimum absolute atomic E-state index is 0.251. The Morgan fingerprint density at radius 3 is 2.42 bits per heavy atom. The van der Waals surface area contributed by atoms with Crippen molar-refractivity contribution in [2.24, 2.45) is 0 Å². The molecule has 2 aliphatic rings. The SMILES string of the molecule is C=C(C)c1cc(OCC2CO2)ccc1OCC1CO1. The Kier molecular flexibility index (Phi) is 3.44. The molecule has 2 aliphatic heterocycles. The van der Waals surface area contributed by atoms with Gasteiger partial charge in [-0.05, 0) is 30.7 Å². The third kappa shape index (κ3) is 3.49. The minimum Gasteiger partial charge on any atom is -0.491 e. The van der Waals surface area contributed by atoms with Gasteiger partial charge in [-0.15, -0.1) is 0 Å². The Hall–Kier alpha value is -1.52. The third-order valence-corrected chi connectivity index (χ3v) is 3.08. The van der Waals surface area contributed by atoms with Crippen LogP contribution in [0.4, 0.5) is 0 Å². The number of allylic oxidation sites excluding steroid dienone is 1. The molecule has 1 aromatic rings. The summed E-state index contributed by atoms with van der Waals surface area (Å²) in [7, 11) is 0. The molecule has 0 N–H and O–H groups in total. The second-order valence-electron chi connectivity index (χ2n) is 4.97. The first-order chi connectivity index (χ1) is 9.22. The van der Waals surface area contributed by atoms with Crippen LogP contribution in [0.25, 0.3) is 5.57 Å². The molecule has 4 nitrogen and oxygen atoms in total. The first-order valence-corrected chi connectivity index (χ1v) is 6.51. The molecule has 1 aromatic carbocycles. The van der Waals surface area contributed by atoms with Crippen LogP contribution in [0.5, 0.6) is 11.5 Å². The summed E-state index contributed by atoms with van der Waals surface area (Å²) in [5.41, 5.74) is 1.94. The maximum absolute atomic E-state index is 5.75. The van der Waals surface area contributed by atoms with Gasteiger partial charge >= 0.3 is 0 Å². The lowest BCUT2D eigenvalue weighted by atomic mass is 10.1. The van der Waals surface area contributed by atoms with Crippen molar-refractivity contribution in [1.29, 1.82) is 0 Å². The molecule has 2 atom stereocenters. The molecule has 0 spiro atoms. The van der Waals surface area contributed by atoms with E-state index in [0.717, 1.165) is 35.8 Å². The van der Waals surface area contributed by atoms with Gasteiger partial charge in [-0.2, -0.15) is 0 Å². The number of rotatable bonds is 7. The number of ether oxygens (including phenoxy) is 4. The van der Waals surface area contributed by atoms with Crippen molar-refractivity contribution >= 4 is 5.57 Å². The normalized spacial score (nSPS) is 23.8. The molecular weight excluding hydrogens is 244 g/mol. The highest BCUT2D eigenvalue weighted by Crippen LogP contribution is 2.30. The number of hydrogen-bond donors (Lipinski definition) is 0. The average Bonchev–Trinajstić information content (AvgIpc) is 3.28. The molecule has 2 unspecified atom stereocenters.